The highest BCUT2D eigenvalue weighted by atomic mass is 16.5. The molecule has 3 rings (SSSR count). The summed E-state index contributed by atoms with van der Waals surface area (Å²) in [5.74, 6) is 0.803. The summed E-state index contributed by atoms with van der Waals surface area (Å²) in [6.07, 6.45) is 4.51. The van der Waals surface area contributed by atoms with Crippen LogP contribution in [0.4, 0.5) is 0 Å². The predicted octanol–water partition coefficient (Wildman–Crippen LogP) is 1.84. The monoisotopic (exact) mass is 258 g/mol. The average Bonchev–Trinajstić information content (AvgIpc) is 3.13. The third-order valence-electron chi connectivity index (χ3n) is 3.27. The van der Waals surface area contributed by atoms with Gasteiger partial charge in [0.1, 0.15) is 11.4 Å². The number of hydrogen-bond donors (Lipinski definition) is 1. The van der Waals surface area contributed by atoms with E-state index in [1.807, 2.05) is 24.4 Å². The Morgan fingerprint density at radius 3 is 3.00 bits per heavy atom. The Labute approximate surface area is 112 Å². The van der Waals surface area contributed by atoms with Crippen LogP contribution in [0.5, 0.6) is 5.75 Å². The lowest BCUT2D eigenvalue weighted by atomic mass is 10.2. The summed E-state index contributed by atoms with van der Waals surface area (Å²) in [5.41, 5.74) is 3.05. The van der Waals surface area contributed by atoms with Gasteiger partial charge in [0.2, 0.25) is 0 Å². The van der Waals surface area contributed by atoms with Gasteiger partial charge in [-0.05, 0) is 37.5 Å². The van der Waals surface area contributed by atoms with E-state index in [4.69, 9.17) is 4.74 Å². The Morgan fingerprint density at radius 1 is 1.42 bits per heavy atom. The molecule has 1 fully saturated rings. The summed E-state index contributed by atoms with van der Waals surface area (Å²) >= 11 is 0. The number of aryl methyl sites for hydroxylation is 1. The van der Waals surface area contributed by atoms with Gasteiger partial charge in [0.25, 0.3) is 0 Å². The molecule has 1 saturated carbocycles. The lowest BCUT2D eigenvalue weighted by Gasteiger charge is -2.08. The van der Waals surface area contributed by atoms with E-state index in [2.05, 4.69) is 22.6 Å². The minimum atomic E-state index is 0.679. The molecule has 0 amide bonds. The van der Waals surface area contributed by atoms with E-state index in [9.17, 15) is 0 Å². The van der Waals surface area contributed by atoms with E-state index in [1.54, 1.807) is 11.8 Å². The van der Waals surface area contributed by atoms with E-state index in [0.717, 1.165) is 23.7 Å². The highest BCUT2D eigenvalue weighted by Crippen LogP contribution is 2.23. The van der Waals surface area contributed by atoms with Gasteiger partial charge in [-0.25, -0.2) is 4.68 Å². The van der Waals surface area contributed by atoms with Crippen molar-refractivity contribution in [3.05, 3.63) is 35.7 Å². The third-order valence-corrected chi connectivity index (χ3v) is 3.27. The van der Waals surface area contributed by atoms with Crippen LogP contribution < -0.4 is 10.1 Å². The van der Waals surface area contributed by atoms with Crippen molar-refractivity contribution in [1.29, 1.82) is 0 Å². The Hall–Kier alpha value is -1.88. The zero-order valence-electron chi connectivity index (χ0n) is 11.3. The maximum Gasteiger partial charge on any atom is 0.144 e. The molecule has 0 atom stereocenters. The molecule has 0 bridgehead atoms. The Morgan fingerprint density at radius 2 is 2.26 bits per heavy atom. The van der Waals surface area contributed by atoms with E-state index < -0.39 is 0 Å². The standard InChI is InChI=1S/C14H18N4O/c1-10-3-6-14(19-2)13(7-10)18-9-12(16-17-18)8-15-11-4-5-11/h3,6-7,9,11,15H,4-5,8H2,1-2H3. The van der Waals surface area contributed by atoms with Crippen LogP contribution >= 0.6 is 0 Å². The van der Waals surface area contributed by atoms with Crippen LogP contribution in [0.25, 0.3) is 5.69 Å². The Balaban J connectivity index is 1.82. The fourth-order valence-corrected chi connectivity index (χ4v) is 2.01. The second-order valence-corrected chi connectivity index (χ2v) is 4.98. The second kappa shape index (κ2) is 5.01. The van der Waals surface area contributed by atoms with Crippen molar-refractivity contribution < 1.29 is 4.74 Å². The summed E-state index contributed by atoms with van der Waals surface area (Å²) in [6.45, 7) is 2.83. The van der Waals surface area contributed by atoms with E-state index >= 15 is 0 Å². The first-order valence-electron chi connectivity index (χ1n) is 6.56. The summed E-state index contributed by atoms with van der Waals surface area (Å²) in [5, 5.41) is 11.8. The molecular weight excluding hydrogens is 240 g/mol. The van der Waals surface area contributed by atoms with Crippen molar-refractivity contribution in [3.63, 3.8) is 0 Å². The number of ether oxygens (including phenoxy) is 1. The van der Waals surface area contributed by atoms with Gasteiger partial charge >= 0.3 is 0 Å². The SMILES string of the molecule is COc1ccc(C)cc1-n1cc(CNC2CC2)nn1. The Kier molecular flexibility index (Phi) is 3.21. The minimum Gasteiger partial charge on any atom is -0.494 e. The van der Waals surface area contributed by atoms with Gasteiger partial charge in [-0.2, -0.15) is 0 Å². The molecule has 1 aliphatic carbocycles. The van der Waals surface area contributed by atoms with Crippen molar-refractivity contribution in [2.75, 3.05) is 7.11 Å². The smallest absolute Gasteiger partial charge is 0.144 e. The third kappa shape index (κ3) is 2.76. The number of nitrogens with zero attached hydrogens (tertiary/aromatic N) is 3. The van der Waals surface area contributed by atoms with Gasteiger partial charge in [0.05, 0.1) is 19.0 Å². The fourth-order valence-electron chi connectivity index (χ4n) is 2.01. The summed E-state index contributed by atoms with van der Waals surface area (Å²) in [7, 11) is 1.67. The van der Waals surface area contributed by atoms with Crippen LogP contribution in [0.15, 0.2) is 24.4 Å². The largest absolute Gasteiger partial charge is 0.494 e. The number of methoxy groups -OCH3 is 1. The maximum absolute atomic E-state index is 5.37. The van der Waals surface area contributed by atoms with Gasteiger partial charge in [-0.3, -0.25) is 0 Å². The maximum atomic E-state index is 5.37. The zero-order chi connectivity index (χ0) is 13.2. The van der Waals surface area contributed by atoms with Gasteiger partial charge in [-0.1, -0.05) is 11.3 Å². The van der Waals surface area contributed by atoms with Gasteiger partial charge in [-0.15, -0.1) is 5.10 Å². The number of aromatic nitrogens is 3. The topological polar surface area (TPSA) is 52.0 Å². The molecule has 100 valence electrons. The molecule has 0 aliphatic heterocycles. The molecule has 1 aromatic carbocycles. The molecule has 0 radical (unpaired) electrons. The molecule has 1 N–H and O–H groups in total. The van der Waals surface area contributed by atoms with Crippen LogP contribution in [-0.4, -0.2) is 28.1 Å². The average molecular weight is 258 g/mol. The number of rotatable bonds is 5. The van der Waals surface area contributed by atoms with E-state index in [-0.39, 0.29) is 0 Å². The van der Waals surface area contributed by atoms with Gasteiger partial charge in [0.15, 0.2) is 0 Å². The highest BCUT2D eigenvalue weighted by molar-refractivity contribution is 5.48. The molecule has 1 aliphatic rings. The highest BCUT2D eigenvalue weighted by Gasteiger charge is 2.20. The van der Waals surface area contributed by atoms with Gasteiger partial charge < -0.3 is 10.1 Å². The summed E-state index contributed by atoms with van der Waals surface area (Å²) < 4.78 is 7.14. The van der Waals surface area contributed by atoms with Gasteiger partial charge in [0, 0.05) is 12.6 Å². The lowest BCUT2D eigenvalue weighted by Crippen LogP contribution is -2.15. The predicted molar refractivity (Wildman–Crippen MR) is 72.5 cm³/mol. The Bertz CT molecular complexity index is 575. The number of benzene rings is 1. The van der Waals surface area contributed by atoms with E-state index in [1.165, 1.54) is 18.4 Å². The minimum absolute atomic E-state index is 0.679. The summed E-state index contributed by atoms with van der Waals surface area (Å²) in [4.78, 5) is 0. The van der Waals surface area contributed by atoms with Crippen LogP contribution in [0.1, 0.15) is 24.1 Å². The normalized spacial score (nSPS) is 14.6. The molecule has 0 saturated heterocycles. The van der Waals surface area contributed by atoms with Crippen molar-refractivity contribution >= 4 is 0 Å². The van der Waals surface area contributed by atoms with Crippen LogP contribution in [0, 0.1) is 6.92 Å². The molecule has 2 aromatic rings. The summed E-state index contributed by atoms with van der Waals surface area (Å²) in [6, 6.07) is 6.70. The first-order chi connectivity index (χ1) is 9.26. The molecule has 1 aromatic heterocycles. The quantitative estimate of drug-likeness (QED) is 0.889. The molecule has 5 heteroatoms. The molecule has 19 heavy (non-hydrogen) atoms. The van der Waals surface area contributed by atoms with Crippen LogP contribution in [0.3, 0.4) is 0 Å². The number of nitrogens with one attached hydrogen (secondary N) is 1. The first-order valence-corrected chi connectivity index (χ1v) is 6.56. The first kappa shape index (κ1) is 12.2. The number of hydrogen-bond acceptors (Lipinski definition) is 4. The van der Waals surface area contributed by atoms with Crippen LogP contribution in [-0.2, 0) is 6.54 Å². The zero-order valence-corrected chi connectivity index (χ0v) is 11.3. The molecule has 0 unspecified atom stereocenters. The molecular formula is C14H18N4O. The van der Waals surface area contributed by atoms with E-state index in [0.29, 0.717) is 6.04 Å². The fraction of sp³-hybridized carbons (Fsp3) is 0.429. The van der Waals surface area contributed by atoms with Crippen LogP contribution in [0.2, 0.25) is 0 Å². The van der Waals surface area contributed by atoms with Crippen molar-refractivity contribution in [2.24, 2.45) is 0 Å². The van der Waals surface area contributed by atoms with Crippen molar-refractivity contribution in [3.8, 4) is 11.4 Å². The molecule has 5 nitrogen and oxygen atoms in total. The van der Waals surface area contributed by atoms with Crippen molar-refractivity contribution in [1.82, 2.24) is 20.3 Å². The lowest BCUT2D eigenvalue weighted by molar-refractivity contribution is 0.411. The molecule has 1 heterocycles. The second-order valence-electron chi connectivity index (χ2n) is 4.98. The van der Waals surface area contributed by atoms with Crippen molar-refractivity contribution in [2.45, 2.75) is 32.4 Å². The molecule has 0 spiro atoms.